The third-order valence-corrected chi connectivity index (χ3v) is 5.24. The highest BCUT2D eigenvalue weighted by atomic mass is 16.5. The standard InChI is InChI=1S/C16H31N3O2/c1-3-8-18-10-12-19(13-11-18)9-6-14-5-4-7-16(14,17)15(20)21-2/h14H,3-13,17H2,1-2H3. The highest BCUT2D eigenvalue weighted by Crippen LogP contribution is 2.37. The molecule has 0 amide bonds. The van der Waals surface area contributed by atoms with E-state index < -0.39 is 5.54 Å². The van der Waals surface area contributed by atoms with Gasteiger partial charge in [0.15, 0.2) is 0 Å². The first kappa shape index (κ1) is 16.7. The lowest BCUT2D eigenvalue weighted by Gasteiger charge is -2.36. The number of nitrogens with two attached hydrogens (primary N) is 1. The van der Waals surface area contributed by atoms with Crippen LogP contribution in [0.15, 0.2) is 0 Å². The molecule has 2 unspecified atom stereocenters. The van der Waals surface area contributed by atoms with Crippen molar-refractivity contribution in [3.8, 4) is 0 Å². The fraction of sp³-hybridized carbons (Fsp3) is 0.938. The number of carbonyl (C=O) groups excluding carboxylic acids is 1. The van der Waals surface area contributed by atoms with Gasteiger partial charge in [-0.1, -0.05) is 13.3 Å². The molecule has 2 N–H and O–H groups in total. The van der Waals surface area contributed by atoms with Crippen molar-refractivity contribution >= 4 is 5.97 Å². The van der Waals surface area contributed by atoms with Gasteiger partial charge >= 0.3 is 5.97 Å². The van der Waals surface area contributed by atoms with Crippen LogP contribution < -0.4 is 5.73 Å². The molecule has 5 nitrogen and oxygen atoms in total. The summed E-state index contributed by atoms with van der Waals surface area (Å²) in [6.07, 6.45) is 5.12. The molecular formula is C16H31N3O2. The van der Waals surface area contributed by atoms with Crippen LogP contribution >= 0.6 is 0 Å². The smallest absolute Gasteiger partial charge is 0.326 e. The van der Waals surface area contributed by atoms with Gasteiger partial charge in [0, 0.05) is 26.2 Å². The monoisotopic (exact) mass is 297 g/mol. The molecule has 0 aromatic rings. The average molecular weight is 297 g/mol. The first-order valence-corrected chi connectivity index (χ1v) is 8.42. The Bertz CT molecular complexity index is 342. The summed E-state index contributed by atoms with van der Waals surface area (Å²) in [5, 5.41) is 0. The van der Waals surface area contributed by atoms with E-state index in [0.717, 1.165) is 45.3 Å². The van der Waals surface area contributed by atoms with Gasteiger partial charge in [-0.25, -0.2) is 0 Å². The number of ether oxygens (including phenoxy) is 1. The molecule has 1 aliphatic heterocycles. The Hall–Kier alpha value is -0.650. The third-order valence-electron chi connectivity index (χ3n) is 5.24. The number of nitrogens with zero attached hydrogens (tertiary/aromatic N) is 2. The van der Waals surface area contributed by atoms with Crippen molar-refractivity contribution in [3.63, 3.8) is 0 Å². The summed E-state index contributed by atoms with van der Waals surface area (Å²) >= 11 is 0. The average Bonchev–Trinajstić information content (AvgIpc) is 2.88. The van der Waals surface area contributed by atoms with E-state index in [9.17, 15) is 4.79 Å². The number of carbonyl (C=O) groups is 1. The van der Waals surface area contributed by atoms with E-state index in [1.165, 1.54) is 33.2 Å². The number of hydrogen-bond donors (Lipinski definition) is 1. The molecule has 2 aliphatic rings. The molecule has 1 saturated carbocycles. The zero-order chi connectivity index (χ0) is 15.3. The Morgan fingerprint density at radius 3 is 2.43 bits per heavy atom. The molecule has 0 bridgehead atoms. The molecule has 1 saturated heterocycles. The molecule has 21 heavy (non-hydrogen) atoms. The molecule has 0 radical (unpaired) electrons. The van der Waals surface area contributed by atoms with Crippen LogP contribution in [0.4, 0.5) is 0 Å². The summed E-state index contributed by atoms with van der Waals surface area (Å²) in [5.74, 6) is 0.0522. The summed E-state index contributed by atoms with van der Waals surface area (Å²) in [6.45, 7) is 9.13. The molecule has 1 aliphatic carbocycles. The lowest BCUT2D eigenvalue weighted by Crippen LogP contribution is -2.53. The van der Waals surface area contributed by atoms with Crippen LogP contribution in [-0.4, -0.2) is 67.7 Å². The molecule has 122 valence electrons. The molecule has 0 spiro atoms. The Kier molecular flexibility index (Phi) is 6.02. The quantitative estimate of drug-likeness (QED) is 0.743. The van der Waals surface area contributed by atoms with Gasteiger partial charge in [0.25, 0.3) is 0 Å². The number of methoxy groups -OCH3 is 1. The minimum absolute atomic E-state index is 0.224. The van der Waals surface area contributed by atoms with Crippen molar-refractivity contribution in [3.05, 3.63) is 0 Å². The minimum Gasteiger partial charge on any atom is -0.468 e. The van der Waals surface area contributed by atoms with Crippen LogP contribution in [0, 0.1) is 5.92 Å². The minimum atomic E-state index is -0.737. The molecule has 2 fully saturated rings. The second kappa shape index (κ2) is 7.56. The summed E-state index contributed by atoms with van der Waals surface area (Å²) < 4.78 is 4.92. The van der Waals surface area contributed by atoms with E-state index in [4.69, 9.17) is 10.5 Å². The topological polar surface area (TPSA) is 58.8 Å². The fourth-order valence-electron chi connectivity index (χ4n) is 3.85. The molecule has 2 rings (SSSR count). The summed E-state index contributed by atoms with van der Waals surface area (Å²) in [6, 6.07) is 0. The SMILES string of the molecule is CCCN1CCN(CCC2CCCC2(N)C(=O)OC)CC1. The van der Waals surface area contributed by atoms with Gasteiger partial charge in [-0.05, 0) is 44.7 Å². The lowest BCUT2D eigenvalue weighted by molar-refractivity contribution is -0.148. The van der Waals surface area contributed by atoms with Crippen LogP contribution in [0.5, 0.6) is 0 Å². The zero-order valence-corrected chi connectivity index (χ0v) is 13.6. The van der Waals surface area contributed by atoms with Crippen LogP contribution in [0.2, 0.25) is 0 Å². The Balaban J connectivity index is 1.77. The predicted molar refractivity (Wildman–Crippen MR) is 84.1 cm³/mol. The van der Waals surface area contributed by atoms with E-state index in [0.29, 0.717) is 0 Å². The molecule has 5 heteroatoms. The zero-order valence-electron chi connectivity index (χ0n) is 13.6. The maximum atomic E-state index is 11.9. The molecule has 0 aromatic carbocycles. The number of piperazine rings is 1. The highest BCUT2D eigenvalue weighted by Gasteiger charge is 2.46. The second-order valence-electron chi connectivity index (χ2n) is 6.59. The van der Waals surface area contributed by atoms with Gasteiger partial charge in [-0.3, -0.25) is 4.79 Å². The van der Waals surface area contributed by atoms with Gasteiger partial charge in [0.1, 0.15) is 5.54 Å². The molecule has 1 heterocycles. The maximum Gasteiger partial charge on any atom is 0.326 e. The van der Waals surface area contributed by atoms with Gasteiger partial charge < -0.3 is 20.3 Å². The normalized spacial score (nSPS) is 31.5. The number of hydrogen-bond acceptors (Lipinski definition) is 5. The molecule has 2 atom stereocenters. The van der Waals surface area contributed by atoms with Crippen LogP contribution in [0.3, 0.4) is 0 Å². The Morgan fingerprint density at radius 1 is 1.24 bits per heavy atom. The highest BCUT2D eigenvalue weighted by molar-refractivity contribution is 5.81. The maximum absolute atomic E-state index is 11.9. The summed E-state index contributed by atoms with van der Waals surface area (Å²) in [4.78, 5) is 17.0. The Morgan fingerprint density at radius 2 is 1.86 bits per heavy atom. The van der Waals surface area contributed by atoms with Crippen LogP contribution in [0.25, 0.3) is 0 Å². The first-order valence-electron chi connectivity index (χ1n) is 8.42. The second-order valence-corrected chi connectivity index (χ2v) is 6.59. The lowest BCUT2D eigenvalue weighted by atomic mass is 9.85. The Labute approximate surface area is 128 Å². The van der Waals surface area contributed by atoms with E-state index in [2.05, 4.69) is 16.7 Å². The predicted octanol–water partition coefficient (Wildman–Crippen LogP) is 1.07. The first-order chi connectivity index (χ1) is 10.1. The van der Waals surface area contributed by atoms with Crippen molar-refractivity contribution in [2.24, 2.45) is 11.7 Å². The third kappa shape index (κ3) is 3.96. The van der Waals surface area contributed by atoms with Gasteiger partial charge in [-0.2, -0.15) is 0 Å². The van der Waals surface area contributed by atoms with Crippen molar-refractivity contribution in [2.75, 3.05) is 46.4 Å². The van der Waals surface area contributed by atoms with Crippen molar-refractivity contribution in [1.82, 2.24) is 9.80 Å². The van der Waals surface area contributed by atoms with Crippen molar-refractivity contribution < 1.29 is 9.53 Å². The van der Waals surface area contributed by atoms with Crippen molar-refractivity contribution in [1.29, 1.82) is 0 Å². The van der Waals surface area contributed by atoms with Gasteiger partial charge in [0.05, 0.1) is 7.11 Å². The number of esters is 1. The van der Waals surface area contributed by atoms with Crippen LogP contribution in [-0.2, 0) is 9.53 Å². The number of rotatable bonds is 6. The van der Waals surface area contributed by atoms with Gasteiger partial charge in [0.2, 0.25) is 0 Å². The van der Waals surface area contributed by atoms with Crippen LogP contribution in [0.1, 0.15) is 39.0 Å². The summed E-state index contributed by atoms with van der Waals surface area (Å²) in [5.41, 5.74) is 5.60. The van der Waals surface area contributed by atoms with E-state index in [1.54, 1.807) is 0 Å². The molecule has 0 aromatic heterocycles. The van der Waals surface area contributed by atoms with Crippen molar-refractivity contribution in [2.45, 2.75) is 44.6 Å². The van der Waals surface area contributed by atoms with E-state index in [-0.39, 0.29) is 11.9 Å². The fourth-order valence-corrected chi connectivity index (χ4v) is 3.85. The van der Waals surface area contributed by atoms with E-state index >= 15 is 0 Å². The van der Waals surface area contributed by atoms with Gasteiger partial charge in [-0.15, -0.1) is 0 Å². The summed E-state index contributed by atoms with van der Waals surface area (Å²) in [7, 11) is 1.44. The largest absolute Gasteiger partial charge is 0.468 e. The molecular weight excluding hydrogens is 266 g/mol. The van der Waals surface area contributed by atoms with E-state index in [1.807, 2.05) is 0 Å².